The highest BCUT2D eigenvalue weighted by Crippen LogP contribution is 2.36. The average Bonchev–Trinajstić information content (AvgIpc) is 2.82. The van der Waals surface area contributed by atoms with Crippen LogP contribution in [0.15, 0.2) is 36.4 Å². The number of rotatable bonds is 2. The second-order valence-electron chi connectivity index (χ2n) is 4.71. The molecule has 2 aromatic rings. The molecule has 1 heterocycles. The molecule has 0 unspecified atom stereocenters. The fourth-order valence-electron chi connectivity index (χ4n) is 2.75. The Bertz CT molecular complexity index is 548. The van der Waals surface area contributed by atoms with Crippen LogP contribution in [0.5, 0.6) is 0 Å². The smallest absolute Gasteiger partial charge is 0.0768 e. The topological polar surface area (TPSA) is 29.3 Å². The van der Waals surface area contributed by atoms with Crippen LogP contribution in [0.4, 0.5) is 5.69 Å². The quantitative estimate of drug-likeness (QED) is 0.853. The Kier molecular flexibility index (Phi) is 2.52. The van der Waals surface area contributed by atoms with Crippen LogP contribution in [-0.2, 0) is 6.42 Å². The second kappa shape index (κ2) is 4.04. The summed E-state index contributed by atoms with van der Waals surface area (Å²) in [5.41, 5.74) is 9.01. The Morgan fingerprint density at radius 1 is 1.24 bits per heavy atom. The van der Waals surface area contributed by atoms with E-state index in [-0.39, 0.29) is 6.17 Å². The molecule has 1 aliphatic heterocycles. The van der Waals surface area contributed by atoms with Crippen molar-refractivity contribution in [2.24, 2.45) is 5.73 Å². The maximum atomic E-state index is 6.21. The minimum atomic E-state index is 0.141. The van der Waals surface area contributed by atoms with Crippen molar-refractivity contribution in [1.82, 2.24) is 0 Å². The fourth-order valence-corrected chi connectivity index (χ4v) is 2.75. The van der Waals surface area contributed by atoms with Gasteiger partial charge in [0.25, 0.3) is 0 Å². The van der Waals surface area contributed by atoms with Crippen LogP contribution in [0.1, 0.15) is 18.9 Å². The van der Waals surface area contributed by atoms with Crippen LogP contribution in [0, 0.1) is 0 Å². The van der Waals surface area contributed by atoms with Crippen molar-refractivity contribution in [3.05, 3.63) is 42.0 Å². The van der Waals surface area contributed by atoms with Gasteiger partial charge in [-0.15, -0.1) is 0 Å². The van der Waals surface area contributed by atoms with Gasteiger partial charge in [-0.25, -0.2) is 0 Å². The molecule has 2 aromatic carbocycles. The summed E-state index contributed by atoms with van der Waals surface area (Å²) in [4.78, 5) is 2.36. The molecule has 2 heteroatoms. The van der Waals surface area contributed by atoms with E-state index in [1.54, 1.807) is 0 Å². The fraction of sp³-hybridized carbons (Fsp3) is 0.333. The van der Waals surface area contributed by atoms with Crippen molar-refractivity contribution >= 4 is 16.5 Å². The van der Waals surface area contributed by atoms with Crippen LogP contribution in [-0.4, -0.2) is 12.7 Å². The molecule has 0 radical (unpaired) electrons. The first-order valence-corrected chi connectivity index (χ1v) is 6.34. The zero-order valence-corrected chi connectivity index (χ0v) is 10.2. The van der Waals surface area contributed by atoms with E-state index < -0.39 is 0 Å². The summed E-state index contributed by atoms with van der Waals surface area (Å²) in [7, 11) is 0. The molecule has 0 amide bonds. The van der Waals surface area contributed by atoms with Gasteiger partial charge in [-0.1, -0.05) is 43.3 Å². The van der Waals surface area contributed by atoms with Gasteiger partial charge in [0.2, 0.25) is 0 Å². The number of nitrogens with zero attached hydrogens (tertiary/aromatic N) is 1. The predicted octanol–water partition coefficient (Wildman–Crippen LogP) is 2.90. The lowest BCUT2D eigenvalue weighted by atomic mass is 10.0. The average molecular weight is 226 g/mol. The van der Waals surface area contributed by atoms with Gasteiger partial charge in [-0.3, -0.25) is 0 Å². The minimum absolute atomic E-state index is 0.141. The van der Waals surface area contributed by atoms with E-state index in [1.165, 1.54) is 22.0 Å². The third-order valence-corrected chi connectivity index (χ3v) is 3.71. The number of hydrogen-bond donors (Lipinski definition) is 1. The Morgan fingerprint density at radius 2 is 2.06 bits per heavy atom. The molecule has 0 spiro atoms. The highest BCUT2D eigenvalue weighted by atomic mass is 15.2. The predicted molar refractivity (Wildman–Crippen MR) is 73.3 cm³/mol. The molecule has 2 N–H and O–H groups in total. The van der Waals surface area contributed by atoms with Gasteiger partial charge in [-0.05, 0) is 23.8 Å². The first-order chi connectivity index (χ1) is 8.31. The molecular formula is C15H18N2. The molecule has 0 saturated carbocycles. The molecule has 88 valence electrons. The number of hydrogen-bond acceptors (Lipinski definition) is 2. The molecule has 0 bridgehead atoms. The second-order valence-corrected chi connectivity index (χ2v) is 4.71. The molecule has 0 fully saturated rings. The summed E-state index contributed by atoms with van der Waals surface area (Å²) < 4.78 is 0. The maximum absolute atomic E-state index is 6.21. The molecule has 1 aliphatic rings. The highest BCUT2D eigenvalue weighted by molar-refractivity contribution is 5.97. The summed E-state index contributed by atoms with van der Waals surface area (Å²) in [6, 6.07) is 13.0. The van der Waals surface area contributed by atoms with Crippen LogP contribution >= 0.6 is 0 Å². The molecule has 2 nitrogen and oxygen atoms in total. The monoisotopic (exact) mass is 226 g/mol. The van der Waals surface area contributed by atoms with E-state index in [4.69, 9.17) is 5.73 Å². The lowest BCUT2D eigenvalue weighted by Gasteiger charge is -2.27. The largest absolute Gasteiger partial charge is 0.355 e. The molecule has 1 atom stereocenters. The number of anilines is 1. The van der Waals surface area contributed by atoms with E-state index in [2.05, 4.69) is 48.2 Å². The van der Waals surface area contributed by atoms with Crippen LogP contribution in [0.3, 0.4) is 0 Å². The standard InChI is InChI=1S/C15H18N2/c1-2-14(16)17-10-9-12-8-7-11-5-3-4-6-13(11)15(12)17/h3-8,14H,2,9-10,16H2,1H3/t14-/m0/s1. The van der Waals surface area contributed by atoms with E-state index in [9.17, 15) is 0 Å². The van der Waals surface area contributed by atoms with E-state index in [0.717, 1.165) is 19.4 Å². The zero-order valence-electron chi connectivity index (χ0n) is 10.2. The molecule has 17 heavy (non-hydrogen) atoms. The Hall–Kier alpha value is -1.54. The van der Waals surface area contributed by atoms with E-state index in [1.807, 2.05) is 0 Å². The van der Waals surface area contributed by atoms with E-state index in [0.29, 0.717) is 0 Å². The van der Waals surface area contributed by atoms with Crippen LogP contribution in [0.2, 0.25) is 0 Å². The van der Waals surface area contributed by atoms with Gasteiger partial charge in [0.1, 0.15) is 0 Å². The number of fused-ring (bicyclic) bond motifs is 3. The van der Waals surface area contributed by atoms with E-state index >= 15 is 0 Å². The molecule has 0 aromatic heterocycles. The van der Waals surface area contributed by atoms with Crippen molar-refractivity contribution in [3.63, 3.8) is 0 Å². The lowest BCUT2D eigenvalue weighted by Crippen LogP contribution is -2.40. The van der Waals surface area contributed by atoms with Gasteiger partial charge in [0.05, 0.1) is 6.17 Å². The maximum Gasteiger partial charge on any atom is 0.0768 e. The van der Waals surface area contributed by atoms with Crippen molar-refractivity contribution in [3.8, 4) is 0 Å². The molecule has 3 rings (SSSR count). The number of benzene rings is 2. The summed E-state index contributed by atoms with van der Waals surface area (Å²) in [6.07, 6.45) is 2.25. The normalized spacial score (nSPS) is 16.2. The van der Waals surface area contributed by atoms with Gasteiger partial charge in [0.15, 0.2) is 0 Å². The third kappa shape index (κ3) is 1.60. The molecular weight excluding hydrogens is 208 g/mol. The number of nitrogens with two attached hydrogens (primary N) is 1. The summed E-state index contributed by atoms with van der Waals surface area (Å²) in [5, 5.41) is 2.65. The first kappa shape index (κ1) is 10.6. The van der Waals surface area contributed by atoms with Crippen molar-refractivity contribution < 1.29 is 0 Å². The highest BCUT2D eigenvalue weighted by Gasteiger charge is 2.24. The van der Waals surface area contributed by atoms with Crippen LogP contribution < -0.4 is 10.6 Å². The van der Waals surface area contributed by atoms with Crippen molar-refractivity contribution in [2.45, 2.75) is 25.9 Å². The first-order valence-electron chi connectivity index (χ1n) is 6.34. The van der Waals surface area contributed by atoms with Gasteiger partial charge in [-0.2, -0.15) is 0 Å². The van der Waals surface area contributed by atoms with Gasteiger partial charge in [0, 0.05) is 17.6 Å². The Morgan fingerprint density at radius 3 is 2.88 bits per heavy atom. The lowest BCUT2D eigenvalue weighted by molar-refractivity contribution is 0.611. The van der Waals surface area contributed by atoms with Gasteiger partial charge >= 0.3 is 0 Å². The van der Waals surface area contributed by atoms with Crippen molar-refractivity contribution in [1.29, 1.82) is 0 Å². The van der Waals surface area contributed by atoms with Crippen LogP contribution in [0.25, 0.3) is 10.8 Å². The third-order valence-electron chi connectivity index (χ3n) is 3.71. The molecule has 0 aliphatic carbocycles. The Balaban J connectivity index is 2.20. The Labute approximate surface area is 102 Å². The zero-order chi connectivity index (χ0) is 11.8. The molecule has 0 saturated heterocycles. The summed E-state index contributed by atoms with van der Waals surface area (Å²) in [6.45, 7) is 3.20. The van der Waals surface area contributed by atoms with Crippen molar-refractivity contribution in [2.75, 3.05) is 11.4 Å². The minimum Gasteiger partial charge on any atom is -0.355 e. The van der Waals surface area contributed by atoms with Gasteiger partial charge < -0.3 is 10.6 Å². The summed E-state index contributed by atoms with van der Waals surface area (Å²) in [5.74, 6) is 0. The summed E-state index contributed by atoms with van der Waals surface area (Å²) >= 11 is 0. The SMILES string of the molecule is CC[C@@H](N)N1CCc2ccc3ccccc3c21.